The maximum absolute atomic E-state index is 9.19. The number of benzene rings is 1. The van der Waals surface area contributed by atoms with Gasteiger partial charge in [0, 0.05) is 0 Å². The number of aliphatic imine (C=N–C) groups is 1. The highest BCUT2D eigenvalue weighted by Crippen LogP contribution is 2.14. The highest BCUT2D eigenvalue weighted by molar-refractivity contribution is 7.85. The van der Waals surface area contributed by atoms with Crippen LogP contribution in [0.1, 0.15) is 18.9 Å². The smallest absolute Gasteiger partial charge is 0.261 e. The second-order valence-corrected chi connectivity index (χ2v) is 5.16. The zero-order chi connectivity index (χ0) is 14.2. The van der Waals surface area contributed by atoms with E-state index in [0.717, 1.165) is 18.5 Å². The van der Waals surface area contributed by atoms with Crippen LogP contribution < -0.4 is 11.5 Å². The number of rotatable bonds is 3. The molecule has 0 spiro atoms. The minimum absolute atomic E-state index is 0.105. The van der Waals surface area contributed by atoms with Gasteiger partial charge in [-0.1, -0.05) is 25.5 Å². The van der Waals surface area contributed by atoms with E-state index in [1.54, 1.807) is 0 Å². The first-order valence-electron chi connectivity index (χ1n) is 5.33. The third-order valence-electron chi connectivity index (χ3n) is 1.71. The number of hydrogen-bond acceptors (Lipinski definition) is 3. The molecule has 0 aliphatic carbocycles. The Bertz CT molecular complexity index is 486. The third-order valence-corrected chi connectivity index (χ3v) is 1.71. The van der Waals surface area contributed by atoms with E-state index in [1.165, 1.54) is 5.56 Å². The molecule has 0 saturated heterocycles. The van der Waals surface area contributed by atoms with Gasteiger partial charge in [-0.05, 0) is 24.1 Å². The fourth-order valence-corrected chi connectivity index (χ4v) is 1.22. The lowest BCUT2D eigenvalue weighted by molar-refractivity contribution is 0.490. The van der Waals surface area contributed by atoms with Gasteiger partial charge in [-0.2, -0.15) is 8.42 Å². The van der Waals surface area contributed by atoms with Crippen LogP contribution in [-0.4, -0.2) is 25.2 Å². The van der Waals surface area contributed by atoms with Crippen LogP contribution in [0.15, 0.2) is 29.3 Å². The summed E-state index contributed by atoms with van der Waals surface area (Å²) < 4.78 is 25.9. The lowest BCUT2D eigenvalue weighted by Crippen LogP contribution is -2.21. The summed E-state index contributed by atoms with van der Waals surface area (Å²) in [6.07, 6.45) is 2.91. The fourth-order valence-electron chi connectivity index (χ4n) is 1.22. The molecule has 102 valence electrons. The van der Waals surface area contributed by atoms with Crippen LogP contribution in [0.3, 0.4) is 0 Å². The standard InChI is InChI=1S/C10H15N3.CH4O3S/c1-2-4-8-5-3-6-9(7-8)13-10(11)12;1-5(2,3)4/h3,5-7H,2,4H2,1H3,(H4,11,12,13);1H3,(H,2,3,4). The van der Waals surface area contributed by atoms with E-state index in [0.29, 0.717) is 6.26 Å². The maximum atomic E-state index is 9.19. The minimum Gasteiger partial charge on any atom is -0.370 e. The molecule has 0 unspecified atom stereocenters. The first-order valence-corrected chi connectivity index (χ1v) is 7.18. The zero-order valence-electron chi connectivity index (χ0n) is 10.5. The van der Waals surface area contributed by atoms with Gasteiger partial charge < -0.3 is 11.5 Å². The summed E-state index contributed by atoms with van der Waals surface area (Å²) in [6.45, 7) is 2.15. The van der Waals surface area contributed by atoms with E-state index in [-0.39, 0.29) is 5.96 Å². The molecule has 0 aliphatic heterocycles. The molecule has 5 N–H and O–H groups in total. The predicted octanol–water partition coefficient (Wildman–Crippen LogP) is 1.05. The summed E-state index contributed by atoms with van der Waals surface area (Å²) in [6, 6.07) is 7.93. The Hall–Kier alpha value is -1.60. The van der Waals surface area contributed by atoms with Crippen molar-refractivity contribution in [3.8, 4) is 0 Å². The number of aryl methyl sites for hydroxylation is 1. The first-order chi connectivity index (χ1) is 8.22. The van der Waals surface area contributed by atoms with E-state index in [4.69, 9.17) is 16.0 Å². The third kappa shape index (κ3) is 10.9. The average Bonchev–Trinajstić information content (AvgIpc) is 2.14. The molecule has 0 amide bonds. The van der Waals surface area contributed by atoms with E-state index < -0.39 is 10.1 Å². The van der Waals surface area contributed by atoms with Crippen molar-refractivity contribution < 1.29 is 13.0 Å². The molecule has 0 radical (unpaired) electrons. The number of hydrogen-bond donors (Lipinski definition) is 3. The second kappa shape index (κ2) is 7.67. The number of guanidine groups is 1. The number of nitrogens with two attached hydrogens (primary N) is 2. The van der Waals surface area contributed by atoms with Crippen LogP contribution in [0.25, 0.3) is 0 Å². The topological polar surface area (TPSA) is 119 Å². The number of nitrogens with zero attached hydrogens (tertiary/aromatic N) is 1. The summed E-state index contributed by atoms with van der Waals surface area (Å²) in [5.41, 5.74) is 12.6. The van der Waals surface area contributed by atoms with Gasteiger partial charge in [0.1, 0.15) is 0 Å². The molecule has 18 heavy (non-hydrogen) atoms. The molecule has 0 bridgehead atoms. The Balaban J connectivity index is 0.000000494. The summed E-state index contributed by atoms with van der Waals surface area (Å²) in [4.78, 5) is 3.97. The van der Waals surface area contributed by atoms with Crippen molar-refractivity contribution >= 4 is 21.8 Å². The highest BCUT2D eigenvalue weighted by atomic mass is 32.2. The quantitative estimate of drug-likeness (QED) is 0.432. The fraction of sp³-hybridized carbons (Fsp3) is 0.364. The van der Waals surface area contributed by atoms with Crippen LogP contribution in [0.2, 0.25) is 0 Å². The van der Waals surface area contributed by atoms with Gasteiger partial charge in [0.05, 0.1) is 11.9 Å². The van der Waals surface area contributed by atoms with Gasteiger partial charge >= 0.3 is 0 Å². The van der Waals surface area contributed by atoms with Crippen molar-refractivity contribution in [3.63, 3.8) is 0 Å². The molecule has 7 heteroatoms. The molecule has 0 fully saturated rings. The lowest BCUT2D eigenvalue weighted by atomic mass is 10.1. The van der Waals surface area contributed by atoms with Crippen LogP contribution in [0.5, 0.6) is 0 Å². The Labute approximate surface area is 107 Å². The van der Waals surface area contributed by atoms with E-state index >= 15 is 0 Å². The van der Waals surface area contributed by atoms with Crippen LogP contribution >= 0.6 is 0 Å². The minimum atomic E-state index is -3.67. The van der Waals surface area contributed by atoms with Crippen LogP contribution in [-0.2, 0) is 16.5 Å². The van der Waals surface area contributed by atoms with E-state index in [1.807, 2.05) is 18.2 Å². The molecule has 0 aromatic heterocycles. The first kappa shape index (κ1) is 16.4. The maximum Gasteiger partial charge on any atom is 0.261 e. The Morgan fingerprint density at radius 2 is 1.94 bits per heavy atom. The van der Waals surface area contributed by atoms with Gasteiger partial charge in [0.15, 0.2) is 5.96 Å². The predicted molar refractivity (Wildman–Crippen MR) is 73.4 cm³/mol. The molecule has 1 aromatic rings. The summed E-state index contributed by atoms with van der Waals surface area (Å²) in [7, 11) is -3.67. The van der Waals surface area contributed by atoms with Crippen molar-refractivity contribution in [2.45, 2.75) is 19.8 Å². The van der Waals surface area contributed by atoms with Crippen molar-refractivity contribution in [1.29, 1.82) is 0 Å². The molecule has 1 rings (SSSR count). The van der Waals surface area contributed by atoms with Gasteiger partial charge in [0.2, 0.25) is 0 Å². The summed E-state index contributed by atoms with van der Waals surface area (Å²) >= 11 is 0. The monoisotopic (exact) mass is 273 g/mol. The van der Waals surface area contributed by atoms with Crippen LogP contribution in [0.4, 0.5) is 5.69 Å². The Kier molecular flexibility index (Phi) is 6.99. The van der Waals surface area contributed by atoms with E-state index in [9.17, 15) is 8.42 Å². The lowest BCUT2D eigenvalue weighted by Gasteiger charge is -1.99. The van der Waals surface area contributed by atoms with Crippen LogP contribution in [0, 0.1) is 0 Å². The summed E-state index contributed by atoms with van der Waals surface area (Å²) in [5, 5.41) is 0. The van der Waals surface area contributed by atoms with Crippen molar-refractivity contribution in [1.82, 2.24) is 0 Å². The molecule has 0 atom stereocenters. The summed E-state index contributed by atoms with van der Waals surface area (Å²) in [5.74, 6) is 0.105. The Morgan fingerprint density at radius 3 is 2.39 bits per heavy atom. The molecule has 6 nitrogen and oxygen atoms in total. The SMILES string of the molecule is CCCc1cccc(N=C(N)N)c1.CS(=O)(=O)O. The average molecular weight is 273 g/mol. The molecular formula is C11H19N3O3S. The molecule has 1 aromatic carbocycles. The Morgan fingerprint density at radius 1 is 1.39 bits per heavy atom. The van der Waals surface area contributed by atoms with Crippen molar-refractivity contribution in [3.05, 3.63) is 29.8 Å². The van der Waals surface area contributed by atoms with Crippen molar-refractivity contribution in [2.75, 3.05) is 6.26 Å². The molecular weight excluding hydrogens is 254 g/mol. The molecule has 0 aliphatic rings. The molecule has 0 heterocycles. The zero-order valence-corrected chi connectivity index (χ0v) is 11.3. The largest absolute Gasteiger partial charge is 0.370 e. The molecule has 0 saturated carbocycles. The second-order valence-electron chi connectivity index (χ2n) is 3.69. The van der Waals surface area contributed by atoms with Gasteiger partial charge in [-0.25, -0.2) is 4.99 Å². The highest BCUT2D eigenvalue weighted by Gasteiger charge is 1.93. The van der Waals surface area contributed by atoms with Gasteiger partial charge in [-0.3, -0.25) is 4.55 Å². The van der Waals surface area contributed by atoms with Gasteiger partial charge in [-0.15, -0.1) is 0 Å². The van der Waals surface area contributed by atoms with Gasteiger partial charge in [0.25, 0.3) is 10.1 Å². The normalized spacial score (nSPS) is 10.2. The van der Waals surface area contributed by atoms with E-state index in [2.05, 4.69) is 18.0 Å². The van der Waals surface area contributed by atoms with Crippen molar-refractivity contribution in [2.24, 2.45) is 16.5 Å².